The second-order valence-corrected chi connectivity index (χ2v) is 12.2. The molecule has 4 aliphatic rings. The third kappa shape index (κ3) is 4.55. The van der Waals surface area contributed by atoms with Gasteiger partial charge in [0.15, 0.2) is 0 Å². The number of pyridine rings is 1. The number of likely N-dealkylation sites (tertiary alicyclic amines) is 1. The molecule has 6 rings (SSSR count). The molecule has 1 aromatic carbocycles. The van der Waals surface area contributed by atoms with Crippen molar-refractivity contribution in [2.45, 2.75) is 88.0 Å². The van der Waals surface area contributed by atoms with Crippen molar-refractivity contribution in [2.24, 2.45) is 11.8 Å². The van der Waals surface area contributed by atoms with Gasteiger partial charge >= 0.3 is 0 Å². The molecule has 4 atom stereocenters. The van der Waals surface area contributed by atoms with Crippen molar-refractivity contribution in [3.63, 3.8) is 0 Å². The number of amides is 1. The van der Waals surface area contributed by atoms with Crippen LogP contribution in [0.4, 0.5) is 13.2 Å². The van der Waals surface area contributed by atoms with Crippen LogP contribution in [-0.4, -0.2) is 47.4 Å². The van der Waals surface area contributed by atoms with E-state index in [-0.39, 0.29) is 53.8 Å². The standard InChI is InChI=1S/C31H38F3N3O/c1-20-8-9-24-27(36-20)7-4-13-30(24)19-35-18-25(30)29(38)37-16-12-22(23-5-2-3-6-26(23)32)17-28(37)21-10-14-31(33,34)15-11-21/h2-3,5-6,8-9,21-22,25,28,35H,4,7,10-19H2,1H3/t22-,25+,28+,30+/m1/s1. The number of alkyl halides is 2. The number of rotatable bonds is 3. The van der Waals surface area contributed by atoms with Crippen molar-refractivity contribution in [1.82, 2.24) is 15.2 Å². The van der Waals surface area contributed by atoms with Crippen LogP contribution in [0.1, 0.15) is 79.8 Å². The minimum atomic E-state index is -2.62. The van der Waals surface area contributed by atoms with Crippen LogP contribution in [0, 0.1) is 24.6 Å². The van der Waals surface area contributed by atoms with Crippen molar-refractivity contribution in [2.75, 3.05) is 19.6 Å². The van der Waals surface area contributed by atoms with Gasteiger partial charge in [0, 0.05) is 55.3 Å². The summed E-state index contributed by atoms with van der Waals surface area (Å²) in [6.07, 6.45) is 4.76. The third-order valence-corrected chi connectivity index (χ3v) is 10.0. The first-order valence-corrected chi connectivity index (χ1v) is 14.4. The quantitative estimate of drug-likeness (QED) is 0.541. The first-order valence-electron chi connectivity index (χ1n) is 14.4. The van der Waals surface area contributed by atoms with E-state index in [0.29, 0.717) is 44.3 Å². The van der Waals surface area contributed by atoms with Gasteiger partial charge in [-0.25, -0.2) is 13.2 Å². The van der Waals surface area contributed by atoms with Crippen molar-refractivity contribution in [1.29, 1.82) is 0 Å². The molecule has 3 fully saturated rings. The molecule has 0 unspecified atom stereocenters. The number of aryl methyl sites for hydroxylation is 2. The summed E-state index contributed by atoms with van der Waals surface area (Å²) in [6, 6.07) is 11.0. The lowest BCUT2D eigenvalue weighted by Crippen LogP contribution is -2.55. The lowest BCUT2D eigenvalue weighted by atomic mass is 9.64. The molecule has 1 amide bonds. The van der Waals surface area contributed by atoms with E-state index in [4.69, 9.17) is 4.98 Å². The highest BCUT2D eigenvalue weighted by Gasteiger charge is 2.53. The van der Waals surface area contributed by atoms with Crippen LogP contribution in [0.5, 0.6) is 0 Å². The summed E-state index contributed by atoms with van der Waals surface area (Å²) in [5.41, 5.74) is 3.72. The number of benzene rings is 1. The molecule has 2 aliphatic carbocycles. The maximum Gasteiger partial charge on any atom is 0.248 e. The zero-order valence-corrected chi connectivity index (χ0v) is 22.2. The minimum absolute atomic E-state index is 0.00840. The number of halogens is 3. The predicted molar refractivity (Wildman–Crippen MR) is 141 cm³/mol. The van der Waals surface area contributed by atoms with E-state index in [2.05, 4.69) is 17.4 Å². The molecule has 1 N–H and O–H groups in total. The average molecular weight is 526 g/mol. The van der Waals surface area contributed by atoms with Gasteiger partial charge in [-0.1, -0.05) is 24.3 Å². The zero-order valence-electron chi connectivity index (χ0n) is 22.2. The van der Waals surface area contributed by atoms with E-state index < -0.39 is 5.92 Å². The van der Waals surface area contributed by atoms with Crippen LogP contribution >= 0.6 is 0 Å². The Bertz CT molecular complexity index is 1190. The fourth-order valence-electron chi connectivity index (χ4n) is 8.04. The smallest absolute Gasteiger partial charge is 0.248 e. The van der Waals surface area contributed by atoms with Gasteiger partial charge in [0.25, 0.3) is 0 Å². The Morgan fingerprint density at radius 1 is 1.08 bits per heavy atom. The van der Waals surface area contributed by atoms with E-state index in [0.717, 1.165) is 37.2 Å². The highest BCUT2D eigenvalue weighted by molar-refractivity contribution is 5.82. The van der Waals surface area contributed by atoms with Crippen molar-refractivity contribution < 1.29 is 18.0 Å². The van der Waals surface area contributed by atoms with Crippen molar-refractivity contribution in [3.05, 3.63) is 64.7 Å². The number of nitrogens with zero attached hydrogens (tertiary/aromatic N) is 2. The van der Waals surface area contributed by atoms with Gasteiger partial charge in [-0.2, -0.15) is 0 Å². The molecule has 7 heteroatoms. The molecule has 3 heterocycles. The first kappa shape index (κ1) is 25.8. The Labute approximate surface area is 223 Å². The zero-order chi connectivity index (χ0) is 26.5. The number of nitrogens with one attached hydrogen (secondary N) is 1. The van der Waals surface area contributed by atoms with Gasteiger partial charge in [-0.05, 0) is 87.0 Å². The van der Waals surface area contributed by atoms with Gasteiger partial charge in [0.1, 0.15) is 5.82 Å². The maximum absolute atomic E-state index is 14.8. The minimum Gasteiger partial charge on any atom is -0.339 e. The summed E-state index contributed by atoms with van der Waals surface area (Å²) >= 11 is 0. The van der Waals surface area contributed by atoms with Crippen LogP contribution < -0.4 is 5.32 Å². The van der Waals surface area contributed by atoms with Crippen LogP contribution in [-0.2, 0) is 16.6 Å². The highest BCUT2D eigenvalue weighted by atomic mass is 19.3. The maximum atomic E-state index is 14.8. The van der Waals surface area contributed by atoms with Gasteiger partial charge in [0.2, 0.25) is 11.8 Å². The largest absolute Gasteiger partial charge is 0.339 e. The average Bonchev–Trinajstić information content (AvgIpc) is 3.32. The molecule has 1 spiro atoms. The molecule has 4 nitrogen and oxygen atoms in total. The fourth-order valence-corrected chi connectivity index (χ4v) is 8.04. The van der Waals surface area contributed by atoms with Crippen LogP contribution in [0.2, 0.25) is 0 Å². The molecular formula is C31H38F3N3O. The third-order valence-electron chi connectivity index (χ3n) is 10.0. The van der Waals surface area contributed by atoms with Crippen molar-refractivity contribution in [3.8, 4) is 0 Å². The highest BCUT2D eigenvalue weighted by Crippen LogP contribution is 2.48. The normalized spacial score (nSPS) is 31.4. The predicted octanol–water partition coefficient (Wildman–Crippen LogP) is 5.92. The van der Waals surface area contributed by atoms with Crippen LogP contribution in [0.3, 0.4) is 0 Å². The number of carbonyl (C=O) groups excluding carboxylic acids is 1. The summed E-state index contributed by atoms with van der Waals surface area (Å²) in [5, 5.41) is 3.53. The second-order valence-electron chi connectivity index (χ2n) is 12.2. The SMILES string of the molecule is Cc1ccc2c(n1)CCC[C@]21CNC[C@H]1C(=O)N1CC[C@@H](c2ccccc2F)C[C@H]1C1CCC(F)(F)CC1. The van der Waals surface area contributed by atoms with E-state index in [1.165, 1.54) is 11.6 Å². The molecule has 2 saturated heterocycles. The summed E-state index contributed by atoms with van der Waals surface area (Å²) in [5.74, 6) is -2.90. The molecule has 204 valence electrons. The molecular weight excluding hydrogens is 487 g/mol. The summed E-state index contributed by atoms with van der Waals surface area (Å²) in [6.45, 7) is 3.93. The van der Waals surface area contributed by atoms with Crippen molar-refractivity contribution >= 4 is 5.91 Å². The van der Waals surface area contributed by atoms with Crippen LogP contribution in [0.25, 0.3) is 0 Å². The summed E-state index contributed by atoms with van der Waals surface area (Å²) in [4.78, 5) is 21.3. The molecule has 2 aliphatic heterocycles. The number of hydrogen-bond acceptors (Lipinski definition) is 3. The molecule has 0 bridgehead atoms. The van der Waals surface area contributed by atoms with Crippen LogP contribution in [0.15, 0.2) is 36.4 Å². The summed E-state index contributed by atoms with van der Waals surface area (Å²) in [7, 11) is 0. The van der Waals surface area contributed by atoms with Gasteiger partial charge < -0.3 is 10.2 Å². The lowest BCUT2D eigenvalue weighted by molar-refractivity contribution is -0.144. The molecule has 1 aromatic heterocycles. The second kappa shape index (κ2) is 9.96. The first-order chi connectivity index (χ1) is 18.3. The van der Waals surface area contributed by atoms with Gasteiger partial charge in [-0.15, -0.1) is 0 Å². The molecule has 0 radical (unpaired) electrons. The summed E-state index contributed by atoms with van der Waals surface area (Å²) < 4.78 is 43.0. The Hall–Kier alpha value is -2.41. The Morgan fingerprint density at radius 2 is 1.87 bits per heavy atom. The van der Waals surface area contributed by atoms with E-state index >= 15 is 0 Å². The number of carbonyl (C=O) groups is 1. The topological polar surface area (TPSA) is 45.2 Å². The number of piperidine rings is 1. The van der Waals surface area contributed by atoms with Gasteiger partial charge in [0.05, 0.1) is 5.92 Å². The van der Waals surface area contributed by atoms with Gasteiger partial charge in [-0.3, -0.25) is 9.78 Å². The number of fused-ring (bicyclic) bond motifs is 2. The van der Waals surface area contributed by atoms with E-state index in [1.807, 2.05) is 24.0 Å². The number of hydrogen-bond donors (Lipinski definition) is 1. The molecule has 38 heavy (non-hydrogen) atoms. The van der Waals surface area contributed by atoms with E-state index in [9.17, 15) is 18.0 Å². The van der Waals surface area contributed by atoms with E-state index in [1.54, 1.807) is 6.07 Å². The Morgan fingerprint density at radius 3 is 2.66 bits per heavy atom. The molecule has 2 aromatic rings. The molecule has 1 saturated carbocycles. The lowest BCUT2D eigenvalue weighted by Gasteiger charge is -2.48. The Balaban J connectivity index is 1.31. The monoisotopic (exact) mass is 525 g/mol. The fraction of sp³-hybridized carbons (Fsp3) is 0.613. The Kier molecular flexibility index (Phi) is 6.78. The number of aromatic nitrogens is 1.